The van der Waals surface area contributed by atoms with Crippen LogP contribution in [0, 0.1) is 0 Å². The number of nitrogens with zero attached hydrogens (tertiary/aromatic N) is 1. The third-order valence-corrected chi connectivity index (χ3v) is 2.93. The van der Waals surface area contributed by atoms with Crippen LogP contribution in [0.5, 0.6) is 5.75 Å². The zero-order chi connectivity index (χ0) is 12.5. The van der Waals surface area contributed by atoms with Gasteiger partial charge in [0.1, 0.15) is 11.4 Å². The zero-order valence-corrected chi connectivity index (χ0v) is 9.97. The number of nitrogens with two attached hydrogens (primary N) is 1. The number of methoxy groups -OCH3 is 1. The lowest BCUT2D eigenvalue weighted by Crippen LogP contribution is -1.85. The van der Waals surface area contributed by atoms with Gasteiger partial charge in [-0.05, 0) is 30.3 Å². The van der Waals surface area contributed by atoms with Gasteiger partial charge in [-0.2, -0.15) is 5.10 Å². The Balaban J connectivity index is 2.19. The minimum Gasteiger partial charge on any atom is -0.497 e. The third-order valence-electron chi connectivity index (χ3n) is 2.93. The number of hydrogen-bond donors (Lipinski definition) is 2. The molecule has 0 atom stereocenters. The van der Waals surface area contributed by atoms with Gasteiger partial charge in [0.15, 0.2) is 0 Å². The SMILES string of the molecule is COc1cccc(-c2n[nH]c3cc(N)ccc23)c1. The van der Waals surface area contributed by atoms with E-state index >= 15 is 0 Å². The van der Waals surface area contributed by atoms with Gasteiger partial charge >= 0.3 is 0 Å². The molecule has 0 fully saturated rings. The molecule has 0 aliphatic carbocycles. The number of H-pyrrole nitrogens is 1. The second-order valence-corrected chi connectivity index (χ2v) is 4.11. The van der Waals surface area contributed by atoms with E-state index in [9.17, 15) is 0 Å². The van der Waals surface area contributed by atoms with Crippen molar-refractivity contribution in [3.63, 3.8) is 0 Å². The number of nitrogens with one attached hydrogen (secondary N) is 1. The molecule has 2 aromatic carbocycles. The number of hydrogen-bond acceptors (Lipinski definition) is 3. The van der Waals surface area contributed by atoms with Crippen molar-refractivity contribution < 1.29 is 4.74 Å². The third kappa shape index (κ3) is 1.68. The number of benzene rings is 2. The van der Waals surface area contributed by atoms with E-state index in [4.69, 9.17) is 10.5 Å². The van der Waals surface area contributed by atoms with E-state index in [1.165, 1.54) is 0 Å². The molecule has 0 unspecified atom stereocenters. The average molecular weight is 239 g/mol. The predicted molar refractivity (Wildman–Crippen MR) is 72.5 cm³/mol. The Morgan fingerprint density at radius 2 is 2.06 bits per heavy atom. The molecular formula is C14H13N3O. The van der Waals surface area contributed by atoms with Crippen molar-refractivity contribution in [2.24, 2.45) is 0 Å². The Bertz CT molecular complexity index is 703. The van der Waals surface area contributed by atoms with E-state index in [-0.39, 0.29) is 0 Å². The minimum atomic E-state index is 0.725. The summed E-state index contributed by atoms with van der Waals surface area (Å²) in [5.41, 5.74) is 9.34. The molecule has 1 heterocycles. The molecule has 90 valence electrons. The Morgan fingerprint density at radius 3 is 2.89 bits per heavy atom. The van der Waals surface area contributed by atoms with Crippen LogP contribution in [-0.4, -0.2) is 17.3 Å². The van der Waals surface area contributed by atoms with Crippen LogP contribution in [0.3, 0.4) is 0 Å². The number of anilines is 1. The maximum Gasteiger partial charge on any atom is 0.119 e. The predicted octanol–water partition coefficient (Wildman–Crippen LogP) is 2.82. The highest BCUT2D eigenvalue weighted by Gasteiger charge is 2.08. The summed E-state index contributed by atoms with van der Waals surface area (Å²) < 4.78 is 5.23. The number of fused-ring (bicyclic) bond motifs is 1. The van der Waals surface area contributed by atoms with Gasteiger partial charge in [-0.25, -0.2) is 0 Å². The molecule has 0 saturated carbocycles. The number of nitrogen functional groups attached to an aromatic ring is 1. The number of rotatable bonds is 2. The van der Waals surface area contributed by atoms with Gasteiger partial charge < -0.3 is 10.5 Å². The fraction of sp³-hybridized carbons (Fsp3) is 0.0714. The molecule has 0 radical (unpaired) electrons. The van der Waals surface area contributed by atoms with Crippen LogP contribution in [0.2, 0.25) is 0 Å². The lowest BCUT2D eigenvalue weighted by Gasteiger charge is -2.02. The van der Waals surface area contributed by atoms with E-state index in [0.717, 1.165) is 33.6 Å². The van der Waals surface area contributed by atoms with Crippen molar-refractivity contribution in [2.75, 3.05) is 12.8 Å². The monoisotopic (exact) mass is 239 g/mol. The summed E-state index contributed by atoms with van der Waals surface area (Å²) in [6.45, 7) is 0. The highest BCUT2D eigenvalue weighted by atomic mass is 16.5. The molecule has 0 spiro atoms. The minimum absolute atomic E-state index is 0.725. The van der Waals surface area contributed by atoms with Crippen LogP contribution >= 0.6 is 0 Å². The van der Waals surface area contributed by atoms with Gasteiger partial charge in [0, 0.05) is 16.6 Å². The van der Waals surface area contributed by atoms with Gasteiger partial charge in [-0.1, -0.05) is 12.1 Å². The molecule has 18 heavy (non-hydrogen) atoms. The van der Waals surface area contributed by atoms with Crippen molar-refractivity contribution in [3.8, 4) is 17.0 Å². The molecule has 1 aromatic heterocycles. The molecule has 4 heteroatoms. The summed E-state index contributed by atoms with van der Waals surface area (Å²) in [5, 5.41) is 8.39. The van der Waals surface area contributed by atoms with Crippen LogP contribution in [0.25, 0.3) is 22.2 Å². The normalized spacial score (nSPS) is 10.7. The lowest BCUT2D eigenvalue weighted by molar-refractivity contribution is 0.415. The highest BCUT2D eigenvalue weighted by Crippen LogP contribution is 2.29. The Morgan fingerprint density at radius 1 is 1.17 bits per heavy atom. The molecule has 0 amide bonds. The van der Waals surface area contributed by atoms with Crippen LogP contribution < -0.4 is 10.5 Å². The van der Waals surface area contributed by atoms with Crippen LogP contribution in [0.4, 0.5) is 5.69 Å². The number of ether oxygens (including phenoxy) is 1. The first-order valence-corrected chi connectivity index (χ1v) is 5.66. The first kappa shape index (κ1) is 10.7. The van der Waals surface area contributed by atoms with Gasteiger partial charge in [0.2, 0.25) is 0 Å². The van der Waals surface area contributed by atoms with E-state index < -0.39 is 0 Å². The molecule has 4 nitrogen and oxygen atoms in total. The summed E-state index contributed by atoms with van der Waals surface area (Å²) in [6, 6.07) is 13.6. The summed E-state index contributed by atoms with van der Waals surface area (Å²) >= 11 is 0. The van der Waals surface area contributed by atoms with E-state index in [1.807, 2.05) is 42.5 Å². The highest BCUT2D eigenvalue weighted by molar-refractivity contribution is 5.94. The fourth-order valence-electron chi connectivity index (χ4n) is 2.03. The second kappa shape index (κ2) is 4.07. The molecule has 3 aromatic rings. The molecule has 0 aliphatic heterocycles. The van der Waals surface area contributed by atoms with E-state index in [0.29, 0.717) is 0 Å². The average Bonchev–Trinajstić information content (AvgIpc) is 2.81. The van der Waals surface area contributed by atoms with Crippen molar-refractivity contribution in [3.05, 3.63) is 42.5 Å². The largest absolute Gasteiger partial charge is 0.497 e. The smallest absolute Gasteiger partial charge is 0.119 e. The second-order valence-electron chi connectivity index (χ2n) is 4.11. The summed E-state index contributed by atoms with van der Waals surface area (Å²) in [5.74, 6) is 0.819. The topological polar surface area (TPSA) is 63.9 Å². The number of aromatic nitrogens is 2. The molecule has 3 rings (SSSR count). The zero-order valence-electron chi connectivity index (χ0n) is 9.97. The maximum absolute atomic E-state index is 5.75. The fourth-order valence-corrected chi connectivity index (χ4v) is 2.03. The van der Waals surface area contributed by atoms with Crippen molar-refractivity contribution in [1.29, 1.82) is 0 Å². The maximum atomic E-state index is 5.75. The number of aromatic amines is 1. The van der Waals surface area contributed by atoms with Crippen LogP contribution in [-0.2, 0) is 0 Å². The molecule has 3 N–H and O–H groups in total. The molecule has 0 saturated heterocycles. The molecule has 0 aliphatic rings. The summed E-state index contributed by atoms with van der Waals surface area (Å²) in [4.78, 5) is 0. The van der Waals surface area contributed by atoms with E-state index in [1.54, 1.807) is 7.11 Å². The van der Waals surface area contributed by atoms with Gasteiger partial charge in [0.25, 0.3) is 0 Å². The molecular weight excluding hydrogens is 226 g/mol. The van der Waals surface area contributed by atoms with Crippen LogP contribution in [0.1, 0.15) is 0 Å². The van der Waals surface area contributed by atoms with Crippen LogP contribution in [0.15, 0.2) is 42.5 Å². The first-order chi connectivity index (χ1) is 8.78. The summed E-state index contributed by atoms with van der Waals surface area (Å²) in [7, 11) is 1.66. The van der Waals surface area contributed by atoms with Crippen molar-refractivity contribution in [2.45, 2.75) is 0 Å². The molecule has 0 bridgehead atoms. The first-order valence-electron chi connectivity index (χ1n) is 5.66. The lowest BCUT2D eigenvalue weighted by atomic mass is 10.1. The standard InChI is InChI=1S/C14H13N3O/c1-18-11-4-2-3-9(7-11)14-12-6-5-10(15)8-13(12)16-17-14/h2-8H,15H2,1H3,(H,16,17). The summed E-state index contributed by atoms with van der Waals surface area (Å²) in [6.07, 6.45) is 0. The van der Waals surface area contributed by atoms with Gasteiger partial charge in [0.05, 0.1) is 12.6 Å². The van der Waals surface area contributed by atoms with E-state index in [2.05, 4.69) is 10.2 Å². The Kier molecular flexibility index (Phi) is 2.41. The Labute approximate surface area is 104 Å². The van der Waals surface area contributed by atoms with Gasteiger partial charge in [-0.15, -0.1) is 0 Å². The van der Waals surface area contributed by atoms with Crippen molar-refractivity contribution in [1.82, 2.24) is 10.2 Å². The quantitative estimate of drug-likeness (QED) is 0.676. The Hall–Kier alpha value is -2.49. The van der Waals surface area contributed by atoms with Gasteiger partial charge in [-0.3, -0.25) is 5.10 Å². The van der Waals surface area contributed by atoms with Crippen molar-refractivity contribution >= 4 is 16.6 Å².